The first-order valence-corrected chi connectivity index (χ1v) is 13.1. The fraction of sp³-hybridized carbons (Fsp3) is 0.167. The molecule has 1 heterocycles. The summed E-state index contributed by atoms with van der Waals surface area (Å²) in [6.07, 6.45) is 0. The molecule has 0 bridgehead atoms. The lowest BCUT2D eigenvalue weighted by molar-refractivity contribution is -0.114. The van der Waals surface area contributed by atoms with Gasteiger partial charge in [-0.05, 0) is 43.7 Å². The molecule has 4 rings (SSSR count). The van der Waals surface area contributed by atoms with E-state index in [-0.39, 0.29) is 28.4 Å². The van der Waals surface area contributed by atoms with Crippen molar-refractivity contribution in [3.63, 3.8) is 0 Å². The molecule has 0 radical (unpaired) electrons. The smallest absolute Gasteiger partial charge is 0.254 e. The number of ether oxygens (including phenoxy) is 1. The van der Waals surface area contributed by atoms with E-state index in [1.165, 1.54) is 13.2 Å². The van der Waals surface area contributed by atoms with E-state index in [0.717, 1.165) is 17.3 Å². The van der Waals surface area contributed by atoms with Gasteiger partial charge in [-0.25, -0.2) is 4.39 Å². The van der Waals surface area contributed by atoms with E-state index in [1.807, 2.05) is 31.2 Å². The molecule has 0 spiro atoms. The molecule has 0 saturated heterocycles. The van der Waals surface area contributed by atoms with Crippen LogP contribution in [0.3, 0.4) is 0 Å². The Kier molecular flexibility index (Phi) is 8.69. The topological polar surface area (TPSA) is 103 Å². The van der Waals surface area contributed by atoms with Gasteiger partial charge in [-0.3, -0.25) is 9.59 Å². The van der Waals surface area contributed by atoms with Crippen molar-refractivity contribution in [3.05, 3.63) is 112 Å². The second-order valence-electron chi connectivity index (χ2n) is 8.78. The number of amides is 2. The van der Waals surface area contributed by atoms with Crippen LogP contribution in [0.15, 0.2) is 94.7 Å². The lowest BCUT2D eigenvalue weighted by atomic mass is 9.82. The molecule has 0 fully saturated rings. The van der Waals surface area contributed by atoms with E-state index in [9.17, 15) is 14.9 Å². The Morgan fingerprint density at radius 3 is 2.36 bits per heavy atom. The number of carbonyl (C=O) groups excluding carboxylic acids is 2. The van der Waals surface area contributed by atoms with Crippen molar-refractivity contribution >= 4 is 35.0 Å². The van der Waals surface area contributed by atoms with Crippen molar-refractivity contribution in [2.75, 3.05) is 23.5 Å². The predicted octanol–water partition coefficient (Wildman–Crippen LogP) is 5.85. The number of methoxy groups -OCH3 is 1. The second kappa shape index (κ2) is 12.3. The number of anilines is 2. The molecule has 39 heavy (non-hydrogen) atoms. The summed E-state index contributed by atoms with van der Waals surface area (Å²) in [5, 5.41) is 19.4. The molecular weight excluding hydrogens is 515 g/mol. The first-order chi connectivity index (χ1) is 18.8. The van der Waals surface area contributed by atoms with Crippen LogP contribution in [0.2, 0.25) is 0 Å². The van der Waals surface area contributed by atoms with E-state index < -0.39 is 17.6 Å². The third-order valence-corrected chi connectivity index (χ3v) is 7.25. The number of allylic oxidation sites excluding steroid dienone is 2. The molecule has 3 N–H and O–H groups in total. The van der Waals surface area contributed by atoms with Crippen LogP contribution < -0.4 is 20.7 Å². The molecule has 0 unspecified atom stereocenters. The number of dihydropyridines is 1. The lowest BCUT2D eigenvalue weighted by Gasteiger charge is -2.30. The largest absolute Gasteiger partial charge is 0.495 e. The molecule has 0 aliphatic carbocycles. The minimum atomic E-state index is -0.992. The Morgan fingerprint density at radius 2 is 1.67 bits per heavy atom. The standard InChI is InChI=1S/C30H27FN4O3S/c1-18-10-4-7-13-23(18)34-26(36)17-39-30-21(16-32)28(20-11-5-6-12-22(20)31)27(19(2)33-30)29(37)35-24-14-8-9-15-25(24)38-3/h4-15,28,33H,17H2,1-3H3,(H,34,36)(H,35,37)/t28-/m1/s1. The normalized spacial score (nSPS) is 14.8. The molecule has 2 amide bonds. The van der Waals surface area contributed by atoms with Gasteiger partial charge in [0.25, 0.3) is 5.91 Å². The number of hydrogen-bond donors (Lipinski definition) is 3. The third-order valence-electron chi connectivity index (χ3n) is 6.23. The molecule has 0 aromatic heterocycles. The molecule has 3 aromatic rings. The van der Waals surface area contributed by atoms with Crippen LogP contribution in [0.1, 0.15) is 24.0 Å². The molecule has 198 valence electrons. The summed E-state index contributed by atoms with van der Waals surface area (Å²) in [5.41, 5.74) is 3.02. The van der Waals surface area contributed by atoms with E-state index in [2.05, 4.69) is 22.0 Å². The first-order valence-electron chi connectivity index (χ1n) is 12.1. The Morgan fingerprint density at radius 1 is 1.00 bits per heavy atom. The summed E-state index contributed by atoms with van der Waals surface area (Å²) in [7, 11) is 1.50. The predicted molar refractivity (Wildman–Crippen MR) is 152 cm³/mol. The molecule has 3 aromatic carbocycles. The summed E-state index contributed by atoms with van der Waals surface area (Å²) in [6, 6.07) is 22.6. The fourth-order valence-corrected chi connectivity index (χ4v) is 5.21. The quantitative estimate of drug-likeness (QED) is 0.330. The number of nitrogens with zero attached hydrogens (tertiary/aromatic N) is 1. The average Bonchev–Trinajstić information content (AvgIpc) is 2.93. The van der Waals surface area contributed by atoms with Crippen molar-refractivity contribution in [2.45, 2.75) is 19.8 Å². The van der Waals surface area contributed by atoms with Gasteiger partial charge in [0.15, 0.2) is 0 Å². The Hall–Kier alpha value is -4.55. The summed E-state index contributed by atoms with van der Waals surface area (Å²) in [4.78, 5) is 26.3. The van der Waals surface area contributed by atoms with Crippen molar-refractivity contribution in [3.8, 4) is 11.8 Å². The van der Waals surface area contributed by atoms with Crippen molar-refractivity contribution in [1.82, 2.24) is 5.32 Å². The summed E-state index contributed by atoms with van der Waals surface area (Å²) < 4.78 is 20.5. The van der Waals surface area contributed by atoms with Crippen molar-refractivity contribution in [2.24, 2.45) is 0 Å². The van der Waals surface area contributed by atoms with Gasteiger partial charge < -0.3 is 20.7 Å². The van der Waals surface area contributed by atoms with Gasteiger partial charge in [0, 0.05) is 22.5 Å². The average molecular weight is 543 g/mol. The number of nitriles is 1. The lowest BCUT2D eigenvalue weighted by Crippen LogP contribution is -2.31. The Balaban J connectivity index is 1.66. The van der Waals surface area contributed by atoms with Gasteiger partial charge in [-0.15, -0.1) is 0 Å². The van der Waals surface area contributed by atoms with E-state index in [0.29, 0.717) is 27.9 Å². The van der Waals surface area contributed by atoms with Gasteiger partial charge in [-0.1, -0.05) is 60.3 Å². The van der Waals surface area contributed by atoms with Gasteiger partial charge in [-0.2, -0.15) is 5.26 Å². The maximum Gasteiger partial charge on any atom is 0.254 e. The van der Waals surface area contributed by atoms with Crippen LogP contribution >= 0.6 is 11.8 Å². The van der Waals surface area contributed by atoms with Crippen LogP contribution in [-0.4, -0.2) is 24.7 Å². The SMILES string of the molecule is COc1ccccc1NC(=O)C1=C(C)NC(SCC(=O)Nc2ccccc2C)=C(C#N)[C@H]1c1ccccc1F. The highest BCUT2D eigenvalue weighted by Gasteiger charge is 2.36. The summed E-state index contributed by atoms with van der Waals surface area (Å²) >= 11 is 1.12. The molecule has 0 saturated carbocycles. The van der Waals surface area contributed by atoms with Crippen LogP contribution in [0, 0.1) is 24.1 Å². The van der Waals surface area contributed by atoms with Gasteiger partial charge in [0.1, 0.15) is 11.6 Å². The minimum absolute atomic E-state index is 0.00185. The van der Waals surface area contributed by atoms with Crippen LogP contribution in [0.4, 0.5) is 15.8 Å². The molecule has 1 atom stereocenters. The zero-order valence-electron chi connectivity index (χ0n) is 21.7. The number of halogens is 1. The van der Waals surface area contributed by atoms with Gasteiger partial charge in [0.2, 0.25) is 5.91 Å². The highest BCUT2D eigenvalue weighted by molar-refractivity contribution is 8.03. The highest BCUT2D eigenvalue weighted by Crippen LogP contribution is 2.42. The molecule has 9 heteroatoms. The second-order valence-corrected chi connectivity index (χ2v) is 9.76. The fourth-order valence-electron chi connectivity index (χ4n) is 4.32. The van der Waals surface area contributed by atoms with E-state index in [1.54, 1.807) is 49.4 Å². The number of thioether (sulfide) groups is 1. The zero-order valence-corrected chi connectivity index (χ0v) is 22.5. The van der Waals surface area contributed by atoms with Crippen LogP contribution in [-0.2, 0) is 9.59 Å². The van der Waals surface area contributed by atoms with E-state index in [4.69, 9.17) is 4.74 Å². The number of rotatable bonds is 8. The number of carbonyl (C=O) groups is 2. The van der Waals surface area contributed by atoms with Gasteiger partial charge >= 0.3 is 0 Å². The monoisotopic (exact) mass is 542 g/mol. The maximum atomic E-state index is 15.1. The van der Waals surface area contributed by atoms with E-state index >= 15 is 4.39 Å². The number of benzene rings is 3. The first kappa shape index (κ1) is 27.5. The van der Waals surface area contributed by atoms with Gasteiger partial charge in [0.05, 0.1) is 41.1 Å². The van der Waals surface area contributed by atoms with Crippen molar-refractivity contribution < 1.29 is 18.7 Å². The highest BCUT2D eigenvalue weighted by atomic mass is 32.2. The molecule has 7 nitrogen and oxygen atoms in total. The summed E-state index contributed by atoms with van der Waals surface area (Å²) in [5.74, 6) is -1.84. The summed E-state index contributed by atoms with van der Waals surface area (Å²) in [6.45, 7) is 3.58. The Labute approximate surface area is 230 Å². The Bertz CT molecular complexity index is 1530. The molecule has 1 aliphatic rings. The number of nitrogens with one attached hydrogen (secondary N) is 3. The third kappa shape index (κ3) is 6.13. The van der Waals surface area contributed by atoms with Crippen LogP contribution in [0.5, 0.6) is 5.75 Å². The maximum absolute atomic E-state index is 15.1. The molecular formula is C30H27FN4O3S. The van der Waals surface area contributed by atoms with Crippen molar-refractivity contribution in [1.29, 1.82) is 5.26 Å². The number of aryl methyl sites for hydroxylation is 1. The number of hydrogen-bond acceptors (Lipinski definition) is 6. The minimum Gasteiger partial charge on any atom is -0.495 e. The zero-order chi connectivity index (χ0) is 27.9. The number of para-hydroxylation sites is 3. The van der Waals surface area contributed by atoms with Crippen LogP contribution in [0.25, 0.3) is 0 Å². The molecule has 1 aliphatic heterocycles.